The SMILES string of the molecule is CCN1CC(C(=O)Nc2ccc(Oc3cc(-c4cn(C)cn4)cn4nccc34)c(OCc3ccccc3)c2)C(=O)N(c2ccc(F)cc2)C1=O. The molecule has 3 aromatic carbocycles. The Morgan fingerprint density at radius 1 is 0.960 bits per heavy atom. The van der Waals surface area contributed by atoms with E-state index in [1.165, 1.54) is 17.0 Å². The van der Waals surface area contributed by atoms with Gasteiger partial charge in [-0.25, -0.2) is 23.6 Å². The van der Waals surface area contributed by atoms with Gasteiger partial charge in [0.25, 0.3) is 0 Å². The van der Waals surface area contributed by atoms with E-state index in [9.17, 15) is 18.8 Å². The Morgan fingerprint density at radius 3 is 2.50 bits per heavy atom. The lowest BCUT2D eigenvalue weighted by atomic mass is 10.0. The lowest BCUT2D eigenvalue weighted by molar-refractivity contribution is -0.132. The van der Waals surface area contributed by atoms with Crippen LogP contribution in [0.4, 0.5) is 20.6 Å². The molecule has 0 radical (unpaired) electrons. The van der Waals surface area contributed by atoms with Crippen LogP contribution in [0.15, 0.2) is 110 Å². The summed E-state index contributed by atoms with van der Waals surface area (Å²) in [5, 5.41) is 7.23. The first-order valence-corrected chi connectivity index (χ1v) is 15.9. The van der Waals surface area contributed by atoms with Crippen LogP contribution in [-0.2, 0) is 23.2 Å². The Balaban J connectivity index is 1.19. The fourth-order valence-corrected chi connectivity index (χ4v) is 5.70. The summed E-state index contributed by atoms with van der Waals surface area (Å²) in [7, 11) is 1.89. The molecule has 0 bridgehead atoms. The summed E-state index contributed by atoms with van der Waals surface area (Å²) < 4.78 is 29.9. The van der Waals surface area contributed by atoms with Gasteiger partial charge >= 0.3 is 6.03 Å². The van der Waals surface area contributed by atoms with Gasteiger partial charge in [0.15, 0.2) is 17.2 Å². The second kappa shape index (κ2) is 13.5. The van der Waals surface area contributed by atoms with E-state index in [1.807, 2.05) is 66.5 Å². The zero-order chi connectivity index (χ0) is 34.8. The number of rotatable bonds is 10. The average Bonchev–Trinajstić information content (AvgIpc) is 3.79. The predicted molar refractivity (Wildman–Crippen MR) is 183 cm³/mol. The third-order valence-corrected chi connectivity index (χ3v) is 8.31. The molecule has 1 unspecified atom stereocenters. The lowest BCUT2D eigenvalue weighted by Gasteiger charge is -2.37. The third kappa shape index (κ3) is 6.48. The maximum Gasteiger partial charge on any atom is 0.331 e. The number of imidazole rings is 1. The number of nitrogens with zero attached hydrogens (tertiary/aromatic N) is 6. The van der Waals surface area contributed by atoms with E-state index in [4.69, 9.17) is 9.47 Å². The zero-order valence-electron chi connectivity index (χ0n) is 27.2. The van der Waals surface area contributed by atoms with Crippen LogP contribution in [0.25, 0.3) is 16.8 Å². The maximum absolute atomic E-state index is 13.7. The minimum Gasteiger partial charge on any atom is -0.485 e. The normalized spacial score (nSPS) is 14.7. The molecule has 6 aromatic rings. The monoisotopic (exact) mass is 673 g/mol. The number of aryl methyl sites for hydroxylation is 1. The van der Waals surface area contributed by atoms with E-state index in [0.29, 0.717) is 28.5 Å². The molecule has 1 N–H and O–H groups in total. The number of nitrogens with one attached hydrogen (secondary N) is 1. The molecule has 13 heteroatoms. The van der Waals surface area contributed by atoms with Crippen LogP contribution in [0, 0.1) is 11.7 Å². The Bertz CT molecular complexity index is 2200. The highest BCUT2D eigenvalue weighted by Crippen LogP contribution is 2.38. The molecule has 0 saturated carbocycles. The number of ether oxygens (including phenoxy) is 2. The van der Waals surface area contributed by atoms with Crippen molar-refractivity contribution in [3.8, 4) is 28.5 Å². The topological polar surface area (TPSA) is 123 Å². The first kappa shape index (κ1) is 32.1. The van der Waals surface area contributed by atoms with Gasteiger partial charge in [0.1, 0.15) is 23.9 Å². The molecule has 3 aromatic heterocycles. The van der Waals surface area contributed by atoms with Crippen molar-refractivity contribution in [3.63, 3.8) is 0 Å². The number of halogens is 1. The quantitative estimate of drug-likeness (QED) is 0.170. The van der Waals surface area contributed by atoms with Gasteiger partial charge in [-0.15, -0.1) is 0 Å². The number of carbonyl (C=O) groups is 3. The molecule has 4 heterocycles. The molecule has 7 rings (SSSR count). The van der Waals surface area contributed by atoms with Crippen LogP contribution >= 0.6 is 0 Å². The summed E-state index contributed by atoms with van der Waals surface area (Å²) in [6.07, 6.45) is 7.15. The highest BCUT2D eigenvalue weighted by atomic mass is 19.1. The van der Waals surface area contributed by atoms with E-state index < -0.39 is 29.6 Å². The van der Waals surface area contributed by atoms with Gasteiger partial charge < -0.3 is 24.3 Å². The first-order valence-electron chi connectivity index (χ1n) is 15.9. The molecule has 1 aliphatic heterocycles. The van der Waals surface area contributed by atoms with Gasteiger partial charge in [0.05, 0.1) is 23.9 Å². The lowest BCUT2D eigenvalue weighted by Crippen LogP contribution is -2.59. The standard InChI is InChI=1S/C37H32FN7O5/c1-3-43-20-29(36(47)45(37(43)48)28-12-9-26(38)10-13-28)35(46)41-27-11-14-32(34(18-27)49-22-24-7-5-4-6-8-24)50-33-17-25(30-21-42(2)23-39-30)19-44-31(33)15-16-40-44/h4-19,21,23,29H,3,20,22H2,1-2H3,(H,41,46). The fraction of sp³-hybridized carbons (Fsp3) is 0.162. The maximum atomic E-state index is 13.7. The molecule has 4 amide bonds. The van der Waals surface area contributed by atoms with Gasteiger partial charge in [0.2, 0.25) is 11.8 Å². The summed E-state index contributed by atoms with van der Waals surface area (Å²) in [4.78, 5) is 47.2. The van der Waals surface area contributed by atoms with Crippen molar-refractivity contribution in [3.05, 3.63) is 121 Å². The number of imide groups is 1. The number of anilines is 2. The Kier molecular flexibility index (Phi) is 8.69. The van der Waals surface area contributed by atoms with Gasteiger partial charge in [-0.3, -0.25) is 9.59 Å². The van der Waals surface area contributed by atoms with Crippen molar-refractivity contribution < 1.29 is 28.2 Å². The van der Waals surface area contributed by atoms with Crippen LogP contribution in [0.5, 0.6) is 17.2 Å². The van der Waals surface area contributed by atoms with Crippen LogP contribution in [0.1, 0.15) is 12.5 Å². The molecule has 0 aliphatic carbocycles. The molecule has 1 aliphatic rings. The van der Waals surface area contributed by atoms with Crippen LogP contribution in [0.2, 0.25) is 0 Å². The molecule has 50 heavy (non-hydrogen) atoms. The first-order chi connectivity index (χ1) is 24.3. The van der Waals surface area contributed by atoms with E-state index in [0.717, 1.165) is 33.9 Å². The Labute approximate surface area is 286 Å². The number of carbonyl (C=O) groups excluding carboxylic acids is 3. The Morgan fingerprint density at radius 2 is 1.76 bits per heavy atom. The van der Waals surface area contributed by atoms with Gasteiger partial charge in [-0.2, -0.15) is 5.10 Å². The van der Waals surface area contributed by atoms with Crippen molar-refractivity contribution in [1.29, 1.82) is 0 Å². The second-order valence-corrected chi connectivity index (χ2v) is 11.7. The summed E-state index contributed by atoms with van der Waals surface area (Å²) in [5.74, 6) is -1.83. The molecule has 1 saturated heterocycles. The summed E-state index contributed by atoms with van der Waals surface area (Å²) >= 11 is 0. The van der Waals surface area contributed by atoms with E-state index in [2.05, 4.69) is 15.4 Å². The van der Waals surface area contributed by atoms with Gasteiger partial charge in [0, 0.05) is 49.8 Å². The predicted octanol–water partition coefficient (Wildman–Crippen LogP) is 6.29. The minimum absolute atomic E-state index is 0.107. The molecular formula is C37H32FN7O5. The molecule has 0 spiro atoms. The van der Waals surface area contributed by atoms with Crippen LogP contribution in [0.3, 0.4) is 0 Å². The second-order valence-electron chi connectivity index (χ2n) is 11.7. The number of hydrogen-bond donors (Lipinski definition) is 1. The number of pyridine rings is 1. The van der Waals surface area contributed by atoms with E-state index >= 15 is 0 Å². The number of hydrogen-bond acceptors (Lipinski definition) is 7. The molecule has 252 valence electrons. The summed E-state index contributed by atoms with van der Waals surface area (Å²) in [5.41, 5.74) is 3.69. The van der Waals surface area contributed by atoms with Gasteiger partial charge in [-0.05, 0) is 61.0 Å². The number of benzene rings is 3. The summed E-state index contributed by atoms with van der Waals surface area (Å²) in [6.45, 7) is 2.13. The minimum atomic E-state index is -1.22. The van der Waals surface area contributed by atoms with Crippen LogP contribution < -0.4 is 19.7 Å². The number of urea groups is 1. The average molecular weight is 674 g/mol. The largest absolute Gasteiger partial charge is 0.485 e. The van der Waals surface area contributed by atoms with Gasteiger partial charge in [-0.1, -0.05) is 30.3 Å². The summed E-state index contributed by atoms with van der Waals surface area (Å²) in [6, 6.07) is 22.6. The van der Waals surface area contributed by atoms with E-state index in [1.54, 1.807) is 42.2 Å². The van der Waals surface area contributed by atoms with E-state index in [-0.39, 0.29) is 25.4 Å². The smallest absolute Gasteiger partial charge is 0.331 e. The van der Waals surface area contributed by atoms with Crippen molar-refractivity contribution in [2.24, 2.45) is 13.0 Å². The van der Waals surface area contributed by atoms with Crippen molar-refractivity contribution in [2.75, 3.05) is 23.3 Å². The van der Waals surface area contributed by atoms with Crippen molar-refractivity contribution >= 4 is 34.7 Å². The number of fused-ring (bicyclic) bond motifs is 1. The number of amides is 4. The third-order valence-electron chi connectivity index (χ3n) is 8.31. The molecule has 1 atom stereocenters. The highest BCUT2D eigenvalue weighted by molar-refractivity contribution is 6.23. The number of aromatic nitrogens is 4. The molecular weight excluding hydrogens is 641 g/mol. The molecule has 1 fully saturated rings. The zero-order valence-corrected chi connectivity index (χ0v) is 27.2. The van der Waals surface area contributed by atoms with Crippen molar-refractivity contribution in [1.82, 2.24) is 24.1 Å². The fourth-order valence-electron chi connectivity index (χ4n) is 5.70. The highest BCUT2D eigenvalue weighted by Gasteiger charge is 2.43. The molecule has 12 nitrogen and oxygen atoms in total. The Hall–Kier alpha value is -6.50. The van der Waals surface area contributed by atoms with Crippen LogP contribution in [-0.4, -0.2) is 55.0 Å². The van der Waals surface area contributed by atoms with Crippen molar-refractivity contribution in [2.45, 2.75) is 13.5 Å².